The quantitative estimate of drug-likeness (QED) is 0.486. The fraction of sp³-hybridized carbons (Fsp3) is 0.217. The summed E-state index contributed by atoms with van der Waals surface area (Å²) >= 11 is 1.31. The highest BCUT2D eigenvalue weighted by Gasteiger charge is 2.47. The van der Waals surface area contributed by atoms with Crippen LogP contribution in [0.15, 0.2) is 60.7 Å². The second kappa shape index (κ2) is 7.96. The van der Waals surface area contributed by atoms with Gasteiger partial charge in [0.05, 0.1) is 22.1 Å². The lowest BCUT2D eigenvalue weighted by Gasteiger charge is -2.14. The van der Waals surface area contributed by atoms with Gasteiger partial charge in [-0.15, -0.1) is 0 Å². The topological polar surface area (TPSA) is 88.6 Å². The number of likely N-dealkylation sites (tertiary alicyclic amines) is 1. The van der Waals surface area contributed by atoms with E-state index < -0.39 is 5.91 Å². The Balaban J connectivity index is 1.26. The van der Waals surface area contributed by atoms with Gasteiger partial charge in [0.1, 0.15) is 18.0 Å². The van der Waals surface area contributed by atoms with Crippen LogP contribution in [0.25, 0.3) is 10.2 Å². The van der Waals surface area contributed by atoms with Crippen LogP contribution >= 0.6 is 11.3 Å². The van der Waals surface area contributed by atoms with Gasteiger partial charge in [-0.25, -0.2) is 4.98 Å². The van der Waals surface area contributed by atoms with Crippen LogP contribution in [0.1, 0.15) is 12.8 Å². The molecule has 156 valence electrons. The largest absolute Gasteiger partial charge is 0.457 e. The maximum absolute atomic E-state index is 12.5. The van der Waals surface area contributed by atoms with Crippen molar-refractivity contribution < 1.29 is 19.1 Å². The summed E-state index contributed by atoms with van der Waals surface area (Å²) in [6, 6.07) is 15.0. The molecule has 5 rings (SSSR count). The van der Waals surface area contributed by atoms with Crippen molar-refractivity contribution in [1.82, 2.24) is 9.88 Å². The summed E-state index contributed by atoms with van der Waals surface area (Å²) in [5.74, 6) is -0.233. The molecule has 0 saturated carbocycles. The van der Waals surface area contributed by atoms with Crippen molar-refractivity contribution in [2.75, 3.05) is 11.9 Å². The number of aromatic nitrogens is 1. The van der Waals surface area contributed by atoms with Gasteiger partial charge in [-0.1, -0.05) is 41.7 Å². The lowest BCUT2D eigenvalue weighted by atomic mass is 9.85. The summed E-state index contributed by atoms with van der Waals surface area (Å²) in [4.78, 5) is 43.1. The molecule has 1 saturated heterocycles. The zero-order valence-corrected chi connectivity index (χ0v) is 17.3. The number of allylic oxidation sites excluding steroid dienone is 2. The van der Waals surface area contributed by atoms with E-state index in [2.05, 4.69) is 10.3 Å². The molecule has 3 aromatic rings. The molecule has 1 aromatic heterocycles. The smallest absolute Gasteiger partial charge is 0.246 e. The minimum absolute atomic E-state index is 0.262. The zero-order chi connectivity index (χ0) is 21.4. The lowest BCUT2D eigenvalue weighted by molar-refractivity contribution is -0.142. The van der Waals surface area contributed by atoms with E-state index in [0.29, 0.717) is 23.7 Å². The van der Waals surface area contributed by atoms with Crippen LogP contribution in [-0.2, 0) is 14.4 Å². The van der Waals surface area contributed by atoms with Crippen LogP contribution in [0.4, 0.5) is 5.13 Å². The van der Waals surface area contributed by atoms with Crippen molar-refractivity contribution in [1.29, 1.82) is 0 Å². The highest BCUT2D eigenvalue weighted by Crippen LogP contribution is 2.35. The Labute approximate surface area is 182 Å². The number of benzene rings is 2. The summed E-state index contributed by atoms with van der Waals surface area (Å²) in [6.45, 7) is -0.289. The number of rotatable bonds is 5. The number of anilines is 1. The molecular formula is C23H19N3O4S. The van der Waals surface area contributed by atoms with Gasteiger partial charge in [-0.3, -0.25) is 19.3 Å². The Kier molecular flexibility index (Phi) is 4.99. The average molecular weight is 433 g/mol. The SMILES string of the molecule is O=C(CN1C(=O)[C@H]2CC=CC[C@@H]2C1=O)Nc1nc2ccc(Oc3ccccc3)cc2s1. The van der Waals surface area contributed by atoms with Crippen molar-refractivity contribution in [3.8, 4) is 11.5 Å². The number of hydrogen-bond acceptors (Lipinski definition) is 6. The number of amides is 3. The third-order valence-electron chi connectivity index (χ3n) is 5.49. The van der Waals surface area contributed by atoms with E-state index in [1.54, 1.807) is 0 Å². The normalized spacial score (nSPS) is 20.2. The molecule has 31 heavy (non-hydrogen) atoms. The summed E-state index contributed by atoms with van der Waals surface area (Å²) in [5, 5.41) is 3.13. The van der Waals surface area contributed by atoms with Gasteiger partial charge < -0.3 is 10.1 Å². The molecule has 7 nitrogen and oxygen atoms in total. The highest BCUT2D eigenvalue weighted by molar-refractivity contribution is 7.22. The average Bonchev–Trinajstić information content (AvgIpc) is 3.28. The summed E-state index contributed by atoms with van der Waals surface area (Å²) in [6.07, 6.45) is 4.96. The number of thiazole rings is 1. The predicted octanol–water partition coefficient (Wildman–Crippen LogP) is 3.98. The Morgan fingerprint density at radius 3 is 2.45 bits per heavy atom. The summed E-state index contributed by atoms with van der Waals surface area (Å²) in [7, 11) is 0. The van der Waals surface area contributed by atoms with Crippen LogP contribution < -0.4 is 10.1 Å². The van der Waals surface area contributed by atoms with Crippen LogP contribution in [-0.4, -0.2) is 34.2 Å². The highest BCUT2D eigenvalue weighted by atomic mass is 32.1. The molecule has 3 amide bonds. The van der Waals surface area contributed by atoms with Gasteiger partial charge in [-0.2, -0.15) is 0 Å². The number of carbonyl (C=O) groups excluding carboxylic acids is 3. The zero-order valence-electron chi connectivity index (χ0n) is 16.5. The number of carbonyl (C=O) groups is 3. The molecule has 8 heteroatoms. The number of ether oxygens (including phenoxy) is 1. The first-order chi connectivity index (χ1) is 15.1. The molecule has 0 spiro atoms. The summed E-state index contributed by atoms with van der Waals surface area (Å²) < 4.78 is 6.70. The van der Waals surface area contributed by atoms with E-state index in [1.807, 2.05) is 60.7 Å². The lowest BCUT2D eigenvalue weighted by Crippen LogP contribution is -2.38. The van der Waals surface area contributed by atoms with E-state index in [4.69, 9.17) is 4.74 Å². The fourth-order valence-electron chi connectivity index (χ4n) is 3.97. The van der Waals surface area contributed by atoms with E-state index >= 15 is 0 Å². The van der Waals surface area contributed by atoms with Crippen molar-refractivity contribution in [3.63, 3.8) is 0 Å². The maximum atomic E-state index is 12.5. The minimum Gasteiger partial charge on any atom is -0.457 e. The number of para-hydroxylation sites is 1. The molecule has 1 aliphatic heterocycles. The van der Waals surface area contributed by atoms with Crippen molar-refractivity contribution in [3.05, 3.63) is 60.7 Å². The molecule has 1 N–H and O–H groups in total. The Bertz CT molecular complexity index is 1180. The van der Waals surface area contributed by atoms with E-state index in [9.17, 15) is 14.4 Å². The van der Waals surface area contributed by atoms with Gasteiger partial charge in [0.25, 0.3) is 0 Å². The number of fused-ring (bicyclic) bond motifs is 2. The minimum atomic E-state index is -0.437. The first-order valence-corrected chi connectivity index (χ1v) is 10.8. The molecule has 2 atom stereocenters. The Hall–Kier alpha value is -3.52. The van der Waals surface area contributed by atoms with E-state index in [1.165, 1.54) is 11.3 Å². The summed E-state index contributed by atoms with van der Waals surface area (Å²) in [5.41, 5.74) is 0.728. The molecule has 0 bridgehead atoms. The van der Waals surface area contributed by atoms with Crippen LogP contribution in [0, 0.1) is 11.8 Å². The molecule has 2 aliphatic rings. The molecular weight excluding hydrogens is 414 g/mol. The predicted molar refractivity (Wildman–Crippen MR) is 117 cm³/mol. The van der Waals surface area contributed by atoms with Crippen molar-refractivity contribution in [2.45, 2.75) is 12.8 Å². The first kappa shape index (κ1) is 19.4. The van der Waals surface area contributed by atoms with Crippen LogP contribution in [0.2, 0.25) is 0 Å². The van der Waals surface area contributed by atoms with E-state index in [-0.39, 0.29) is 30.2 Å². The van der Waals surface area contributed by atoms with Gasteiger partial charge in [0.2, 0.25) is 17.7 Å². The molecule has 1 aliphatic carbocycles. The van der Waals surface area contributed by atoms with Crippen molar-refractivity contribution in [2.24, 2.45) is 11.8 Å². The second-order valence-corrected chi connectivity index (χ2v) is 8.56. The third-order valence-corrected chi connectivity index (χ3v) is 6.42. The van der Waals surface area contributed by atoms with Crippen molar-refractivity contribution >= 4 is 44.4 Å². The maximum Gasteiger partial charge on any atom is 0.246 e. The van der Waals surface area contributed by atoms with E-state index in [0.717, 1.165) is 20.9 Å². The van der Waals surface area contributed by atoms with Crippen LogP contribution in [0.5, 0.6) is 11.5 Å². The Morgan fingerprint density at radius 2 is 1.74 bits per heavy atom. The van der Waals surface area contributed by atoms with Crippen LogP contribution in [0.3, 0.4) is 0 Å². The van der Waals surface area contributed by atoms with Gasteiger partial charge in [0, 0.05) is 6.07 Å². The standard InChI is InChI=1S/C23H19N3O4S/c27-20(13-26-21(28)16-8-4-5-9-17(16)22(26)29)25-23-24-18-11-10-15(12-19(18)31-23)30-14-6-2-1-3-7-14/h1-7,10-12,16-17H,8-9,13H2,(H,24,25,27)/t16-,17-/m0/s1. The first-order valence-electron chi connectivity index (χ1n) is 10.0. The number of hydrogen-bond donors (Lipinski definition) is 1. The second-order valence-electron chi connectivity index (χ2n) is 7.53. The number of nitrogens with one attached hydrogen (secondary N) is 1. The number of nitrogens with zero attached hydrogens (tertiary/aromatic N) is 2. The van der Waals surface area contributed by atoms with Gasteiger partial charge in [-0.05, 0) is 37.1 Å². The monoisotopic (exact) mass is 433 g/mol. The van der Waals surface area contributed by atoms with Gasteiger partial charge in [0.15, 0.2) is 5.13 Å². The third kappa shape index (κ3) is 3.82. The molecule has 1 fully saturated rings. The van der Waals surface area contributed by atoms with Gasteiger partial charge >= 0.3 is 0 Å². The molecule has 2 heterocycles. The number of imide groups is 1. The molecule has 0 unspecified atom stereocenters. The molecule has 2 aromatic carbocycles. The Morgan fingerprint density at radius 1 is 1.03 bits per heavy atom. The fourth-order valence-corrected chi connectivity index (χ4v) is 4.88. The molecule has 0 radical (unpaired) electrons.